The molecular weight excluding hydrogens is 1770 g/mol. The fourth-order valence-corrected chi connectivity index (χ4v) is 14.1. The summed E-state index contributed by atoms with van der Waals surface area (Å²) in [5.74, 6) is -4.90. The van der Waals surface area contributed by atoms with E-state index in [1.807, 2.05) is 164 Å². The Kier molecular flexibility index (Phi) is 30.8. The molecule has 0 saturated heterocycles. The summed E-state index contributed by atoms with van der Waals surface area (Å²) in [5, 5.41) is 0. The van der Waals surface area contributed by atoms with E-state index in [1.165, 1.54) is 104 Å². The smallest absolute Gasteiger partial charge is 0.250 e. The molecule has 5 unspecified atom stereocenters. The van der Waals surface area contributed by atoms with Crippen molar-refractivity contribution in [3.63, 3.8) is 0 Å². The fourth-order valence-electron chi connectivity index (χ4n) is 14.1. The van der Waals surface area contributed by atoms with Crippen molar-refractivity contribution in [3.8, 4) is 29.1 Å². The van der Waals surface area contributed by atoms with E-state index in [-0.39, 0.29) is 133 Å². The molecule has 0 N–H and O–H groups in total. The lowest BCUT2D eigenvalue weighted by molar-refractivity contribution is 0.277. The molecule has 686 valence electrons. The lowest BCUT2D eigenvalue weighted by Crippen LogP contribution is -2.07. The number of hydrogen-bond donors (Lipinski definition) is 0. The van der Waals surface area contributed by atoms with Gasteiger partial charge in [0.2, 0.25) is 41.2 Å². The first kappa shape index (κ1) is 92.8. The van der Waals surface area contributed by atoms with E-state index in [2.05, 4.69) is 49.9 Å². The molecule has 0 bridgehead atoms. The largest absolute Gasteiger partial charge is 0.489 e. The minimum Gasteiger partial charge on any atom is -0.489 e. The standard InChI is InChI=1S/C22H17F2NO2.C21H15F3N2O2.2C21H16F2N2O2.C20H15F2N3O2/c23-18-7-4-8-19(24)21(18)22-25-20(14-27-22)16-11-9-15(10-12-16)13-26-17-5-2-1-3-6-17;22-15-3-1-4-16(23)19(15)21-26-18(12-28-21)14-8-6-13(7-9-14)11-27-20-17(24)5-2-10-25-20;22-16-4-3-5-17(23)20(16)21-25-18(13-27-21)15-9-7-14(8-10-15)12-26-19-6-1-2-11-24-19;22-17-2-1-3-18(23)20(17)21-25-19(13-27-21)15-6-4-14(5-7-15)12-26-16-8-10-24-11-9-16;21-15-2-1-3-16(22)19(15)20-25-17(11-27-20)14-6-4-13(5-7-14)10-26-18-8-9-23-12-24-18/h1-12,20H,13-14H2;1-10,18H,11-12H2;1-11,18H,12-13H2;1-11,19H,12-13H2;1-9,12,17H,10-11H2. The highest BCUT2D eigenvalue weighted by atomic mass is 19.2. The van der Waals surface area contributed by atoms with Crippen molar-refractivity contribution < 1.29 is 95.7 Å². The molecule has 0 saturated carbocycles. The van der Waals surface area contributed by atoms with Crippen molar-refractivity contribution in [2.75, 3.05) is 33.0 Å². The van der Waals surface area contributed by atoms with Gasteiger partial charge in [0.05, 0.1) is 0 Å². The quantitative estimate of drug-likeness (QED) is 0.0486. The molecule has 0 amide bonds. The Balaban J connectivity index is 0.000000123. The lowest BCUT2D eigenvalue weighted by Gasteiger charge is -2.08. The van der Waals surface area contributed by atoms with Gasteiger partial charge in [-0.15, -0.1) is 0 Å². The molecule has 136 heavy (non-hydrogen) atoms. The Morgan fingerprint density at radius 1 is 0.221 bits per heavy atom. The van der Waals surface area contributed by atoms with Crippen molar-refractivity contribution >= 4 is 29.5 Å². The Labute approximate surface area is 772 Å². The van der Waals surface area contributed by atoms with E-state index >= 15 is 0 Å². The first-order valence-corrected chi connectivity index (χ1v) is 42.5. The van der Waals surface area contributed by atoms with Crippen LogP contribution in [0.5, 0.6) is 29.1 Å². The number of para-hydroxylation sites is 1. The molecule has 0 fully saturated rings. The van der Waals surface area contributed by atoms with Crippen LogP contribution in [0, 0.1) is 64.0 Å². The predicted molar refractivity (Wildman–Crippen MR) is 483 cm³/mol. The number of benzene rings is 11. The minimum absolute atomic E-state index is 0.000645. The van der Waals surface area contributed by atoms with Crippen molar-refractivity contribution in [2.45, 2.75) is 63.2 Å². The van der Waals surface area contributed by atoms with Crippen molar-refractivity contribution in [2.24, 2.45) is 25.0 Å². The normalized spacial score (nSPS) is 15.9. The third-order valence-corrected chi connectivity index (χ3v) is 21.2. The van der Waals surface area contributed by atoms with Gasteiger partial charge in [0.15, 0.2) is 5.82 Å². The number of aromatic nitrogens is 5. The third-order valence-electron chi connectivity index (χ3n) is 21.2. The molecule has 31 heteroatoms. The summed E-state index contributed by atoms with van der Waals surface area (Å²) in [7, 11) is 0. The molecule has 20 nitrogen and oxygen atoms in total. The van der Waals surface area contributed by atoms with Crippen LogP contribution in [0.15, 0.2) is 353 Å². The average Bonchev–Trinajstić information content (AvgIpc) is 1.67. The second-order valence-electron chi connectivity index (χ2n) is 30.4. The predicted octanol–water partition coefficient (Wildman–Crippen LogP) is 22.4. The highest BCUT2D eigenvalue weighted by Crippen LogP contribution is 2.35. The van der Waals surface area contributed by atoms with Crippen LogP contribution >= 0.6 is 0 Å². The minimum atomic E-state index is -0.714. The average molecular weight is 1850 g/mol. The summed E-state index contributed by atoms with van der Waals surface area (Å²) in [4.78, 5) is 41.4. The van der Waals surface area contributed by atoms with Gasteiger partial charge in [-0.2, -0.15) is 0 Å². The summed E-state index contributed by atoms with van der Waals surface area (Å²) in [6.45, 7) is 2.98. The van der Waals surface area contributed by atoms with Crippen LogP contribution in [0.1, 0.15) is 114 Å². The molecule has 0 radical (unpaired) electrons. The summed E-state index contributed by atoms with van der Waals surface area (Å²) in [6, 6.07) is 78.0. The Hall–Kier alpha value is -16.5. The molecule has 0 spiro atoms. The van der Waals surface area contributed by atoms with Gasteiger partial charge in [-0.05, 0) is 159 Å². The highest BCUT2D eigenvalue weighted by molar-refractivity contribution is 5.98. The van der Waals surface area contributed by atoms with Crippen LogP contribution in [0.25, 0.3) is 0 Å². The molecule has 15 aromatic rings. The van der Waals surface area contributed by atoms with Crippen LogP contribution in [0.4, 0.5) is 48.3 Å². The van der Waals surface area contributed by atoms with Gasteiger partial charge in [-0.1, -0.05) is 176 Å². The van der Waals surface area contributed by atoms with Crippen LogP contribution in [0.2, 0.25) is 0 Å². The zero-order valence-corrected chi connectivity index (χ0v) is 71.8. The van der Waals surface area contributed by atoms with E-state index in [0.717, 1.165) is 79.3 Å². The molecule has 5 aliphatic rings. The second kappa shape index (κ2) is 45.1. The fraction of sp³-hybridized carbons (Fsp3) is 0.143. The van der Waals surface area contributed by atoms with Crippen LogP contribution in [0.3, 0.4) is 0 Å². The second-order valence-corrected chi connectivity index (χ2v) is 30.4. The monoisotopic (exact) mass is 1850 g/mol. The number of pyridine rings is 3. The first-order valence-electron chi connectivity index (χ1n) is 42.5. The third kappa shape index (κ3) is 24.3. The highest BCUT2D eigenvalue weighted by Gasteiger charge is 2.32. The molecule has 9 heterocycles. The van der Waals surface area contributed by atoms with Crippen LogP contribution in [-0.2, 0) is 56.7 Å². The first-order chi connectivity index (χ1) is 66.4. The van der Waals surface area contributed by atoms with E-state index in [0.29, 0.717) is 38.2 Å². The topological polar surface area (TPSA) is 219 Å². The summed E-state index contributed by atoms with van der Waals surface area (Å²) in [6.07, 6.45) is 9.51. The van der Waals surface area contributed by atoms with E-state index < -0.39 is 64.0 Å². The maximum absolute atomic E-state index is 13.9. The number of ether oxygens (including phenoxy) is 10. The number of nitrogens with zero attached hydrogens (tertiary/aromatic N) is 10. The molecule has 5 aliphatic heterocycles. The summed E-state index contributed by atoms with van der Waals surface area (Å²) >= 11 is 0. The SMILES string of the molecule is Fc1cccc(F)c1C1=NC(c2ccc(COc3ccccc3)cc2)CO1.Fc1cccc(F)c1C1=NC(c2ccc(COc3ccccn3)cc2)CO1.Fc1cccc(F)c1C1=NC(c2ccc(COc3ccncc3)cc2)CO1.Fc1cccc(F)c1C1=NC(c2ccc(COc3ccncn3)cc2)CO1.Fc1cccnc1OCc1ccc(C2COC(c3c(F)cccc3F)=N2)cc1. The lowest BCUT2D eigenvalue weighted by atomic mass is 10.1. The Bertz CT molecular complexity index is 6000. The molecule has 0 aliphatic carbocycles. The van der Waals surface area contributed by atoms with Gasteiger partial charge in [-0.25, -0.2) is 93.2 Å². The van der Waals surface area contributed by atoms with Crippen molar-refractivity contribution in [3.05, 3.63) is 476 Å². The molecule has 11 aromatic carbocycles. The molecule has 5 atom stereocenters. The maximum Gasteiger partial charge on any atom is 0.250 e. The van der Waals surface area contributed by atoms with Gasteiger partial charge in [-0.3, -0.25) is 4.98 Å². The van der Waals surface area contributed by atoms with Gasteiger partial charge in [0, 0.05) is 43.1 Å². The number of aliphatic imine (C=N–C) groups is 5. The van der Waals surface area contributed by atoms with Gasteiger partial charge < -0.3 is 47.4 Å². The van der Waals surface area contributed by atoms with E-state index in [9.17, 15) is 48.3 Å². The molecule has 20 rings (SSSR count). The number of rotatable bonds is 25. The zero-order chi connectivity index (χ0) is 94.1. The zero-order valence-electron chi connectivity index (χ0n) is 71.8. The maximum atomic E-state index is 13.9. The van der Waals surface area contributed by atoms with E-state index in [4.69, 9.17) is 47.4 Å². The summed E-state index contributed by atoms with van der Waals surface area (Å²) in [5.41, 5.74) is 8.10. The van der Waals surface area contributed by atoms with Crippen molar-refractivity contribution in [1.29, 1.82) is 0 Å². The number of halogens is 11. The van der Waals surface area contributed by atoms with Crippen LogP contribution in [-0.4, -0.2) is 87.4 Å². The molecule has 4 aromatic heterocycles. The van der Waals surface area contributed by atoms with E-state index in [1.54, 1.807) is 49.1 Å². The van der Waals surface area contributed by atoms with Crippen LogP contribution < -0.4 is 23.7 Å². The molecular formula is C105H79F11N10O10. The van der Waals surface area contributed by atoms with Gasteiger partial charge in [0.1, 0.15) is 200 Å². The Morgan fingerprint density at radius 2 is 0.493 bits per heavy atom. The summed E-state index contributed by atoms with van der Waals surface area (Å²) < 4.78 is 208. The van der Waals surface area contributed by atoms with Crippen molar-refractivity contribution in [1.82, 2.24) is 24.9 Å². The van der Waals surface area contributed by atoms with Gasteiger partial charge in [0.25, 0.3) is 5.88 Å². The Morgan fingerprint density at radius 3 is 0.787 bits per heavy atom. The number of hydrogen-bond acceptors (Lipinski definition) is 20. The van der Waals surface area contributed by atoms with Gasteiger partial charge >= 0.3 is 0 Å².